The molecule has 5 N–H and O–H groups in total. The summed E-state index contributed by atoms with van der Waals surface area (Å²) in [5.74, 6) is -1.55. The second-order valence-electron chi connectivity index (χ2n) is 13.2. The Morgan fingerprint density at radius 3 is 2.09 bits per heavy atom. The van der Waals surface area contributed by atoms with Crippen LogP contribution in [-0.2, 0) is 11.3 Å². The lowest BCUT2D eigenvalue weighted by atomic mass is 9.81. The van der Waals surface area contributed by atoms with Crippen LogP contribution in [-0.4, -0.2) is 34.1 Å². The molecule has 0 unspecified atom stereocenters. The van der Waals surface area contributed by atoms with Crippen LogP contribution >= 0.6 is 0 Å². The van der Waals surface area contributed by atoms with Crippen molar-refractivity contribution in [3.05, 3.63) is 119 Å². The maximum Gasteiger partial charge on any atom is 0.339 e. The van der Waals surface area contributed by atoms with Gasteiger partial charge >= 0.3 is 5.97 Å². The van der Waals surface area contributed by atoms with E-state index in [2.05, 4.69) is 36.4 Å². The number of nitrogens with one attached hydrogen (secondary N) is 3. The molecule has 1 heterocycles. The Morgan fingerprint density at radius 1 is 0.826 bits per heavy atom. The number of aryl methyl sites for hydroxylation is 1. The molecule has 0 spiro atoms. The van der Waals surface area contributed by atoms with E-state index in [-0.39, 0.29) is 40.6 Å². The van der Waals surface area contributed by atoms with E-state index in [1.807, 2.05) is 44.2 Å². The summed E-state index contributed by atoms with van der Waals surface area (Å²) in [5, 5.41) is 13.5. The second-order valence-corrected chi connectivity index (χ2v) is 13.2. The van der Waals surface area contributed by atoms with Crippen molar-refractivity contribution in [1.82, 2.24) is 10.3 Å². The summed E-state index contributed by atoms with van der Waals surface area (Å²) in [6.07, 6.45) is 0.737. The Morgan fingerprint density at radius 2 is 1.46 bits per heavy atom. The Hall–Kier alpha value is -5.31. The summed E-state index contributed by atoms with van der Waals surface area (Å²) < 4.78 is 5.71. The maximum atomic E-state index is 13.7. The number of esters is 1. The van der Waals surface area contributed by atoms with Crippen molar-refractivity contribution < 1.29 is 19.1 Å². The highest BCUT2D eigenvalue weighted by Crippen LogP contribution is 2.31. The van der Waals surface area contributed by atoms with Gasteiger partial charge in [0.1, 0.15) is 18.1 Å². The van der Waals surface area contributed by atoms with Crippen LogP contribution in [0.3, 0.4) is 0 Å². The zero-order valence-electron chi connectivity index (χ0n) is 27.2. The lowest BCUT2D eigenvalue weighted by molar-refractivity contribution is 0.0473. The Bertz CT molecular complexity index is 1760. The highest BCUT2D eigenvalue weighted by molar-refractivity contribution is 6.10. The van der Waals surface area contributed by atoms with Crippen LogP contribution in [0.4, 0.5) is 5.69 Å². The van der Waals surface area contributed by atoms with Crippen LogP contribution in [0.5, 0.6) is 0 Å². The first-order chi connectivity index (χ1) is 21.6. The normalized spacial score (nSPS) is 11.4. The molecule has 0 aliphatic rings. The molecule has 46 heavy (non-hydrogen) atoms. The molecule has 0 saturated heterocycles. The molecule has 0 fully saturated rings. The molecule has 9 heteroatoms. The number of aromatic nitrogens is 1. The molecular weight excluding hydrogens is 578 g/mol. The van der Waals surface area contributed by atoms with E-state index in [1.165, 1.54) is 6.07 Å². The molecule has 238 valence electrons. The van der Waals surface area contributed by atoms with E-state index in [0.717, 1.165) is 12.0 Å². The molecular formula is C37H41N5O4. The highest BCUT2D eigenvalue weighted by atomic mass is 16.5. The number of nitrogens with zero attached hydrogens (tertiary/aromatic N) is 1. The minimum absolute atomic E-state index is 0.0159. The third kappa shape index (κ3) is 8.88. The zero-order valence-corrected chi connectivity index (χ0v) is 27.2. The summed E-state index contributed by atoms with van der Waals surface area (Å²) >= 11 is 0. The maximum absolute atomic E-state index is 13.7. The van der Waals surface area contributed by atoms with Crippen molar-refractivity contribution in [2.75, 3.05) is 5.32 Å². The van der Waals surface area contributed by atoms with Gasteiger partial charge in [0, 0.05) is 33.6 Å². The van der Waals surface area contributed by atoms with Gasteiger partial charge in [-0.3, -0.25) is 15.0 Å². The predicted molar refractivity (Wildman–Crippen MR) is 181 cm³/mol. The second kappa shape index (κ2) is 13.8. The molecule has 0 aliphatic heterocycles. The summed E-state index contributed by atoms with van der Waals surface area (Å²) in [4.78, 5) is 45.3. The van der Waals surface area contributed by atoms with Gasteiger partial charge in [-0.25, -0.2) is 9.78 Å². The fourth-order valence-electron chi connectivity index (χ4n) is 5.51. The molecule has 1 aromatic heterocycles. The van der Waals surface area contributed by atoms with E-state index >= 15 is 0 Å². The number of hydrogen-bond acceptors (Lipinski definition) is 6. The van der Waals surface area contributed by atoms with Gasteiger partial charge in [-0.1, -0.05) is 63.2 Å². The van der Waals surface area contributed by atoms with Crippen molar-refractivity contribution in [3.63, 3.8) is 0 Å². The number of benzene rings is 3. The van der Waals surface area contributed by atoms with Crippen molar-refractivity contribution in [2.45, 2.75) is 60.1 Å². The third-order valence-corrected chi connectivity index (χ3v) is 7.13. The number of amidine groups is 1. The molecule has 0 radical (unpaired) electrons. The van der Waals surface area contributed by atoms with Gasteiger partial charge < -0.3 is 21.1 Å². The van der Waals surface area contributed by atoms with Gasteiger partial charge in [-0.05, 0) is 86.2 Å². The summed E-state index contributed by atoms with van der Waals surface area (Å²) in [6.45, 7) is 12.1. The number of nitrogens with two attached hydrogens (primary N) is 1. The van der Waals surface area contributed by atoms with Crippen LogP contribution in [0.1, 0.15) is 89.1 Å². The molecule has 2 amide bonds. The Labute approximate surface area is 270 Å². The van der Waals surface area contributed by atoms with E-state index in [0.29, 0.717) is 28.1 Å². The molecule has 3 aromatic carbocycles. The molecule has 0 saturated carbocycles. The van der Waals surface area contributed by atoms with Gasteiger partial charge in [0.05, 0.1) is 5.56 Å². The van der Waals surface area contributed by atoms with Gasteiger partial charge in [-0.15, -0.1) is 0 Å². The van der Waals surface area contributed by atoms with Crippen LogP contribution in [0.15, 0.2) is 84.9 Å². The summed E-state index contributed by atoms with van der Waals surface area (Å²) in [7, 11) is 0. The first-order valence-electron chi connectivity index (χ1n) is 15.0. The van der Waals surface area contributed by atoms with Crippen LogP contribution in [0, 0.1) is 17.7 Å². The van der Waals surface area contributed by atoms with E-state index < -0.39 is 17.4 Å². The molecule has 9 nitrogen and oxygen atoms in total. The van der Waals surface area contributed by atoms with Crippen LogP contribution in [0.2, 0.25) is 0 Å². The van der Waals surface area contributed by atoms with E-state index in [1.54, 1.807) is 55.5 Å². The van der Waals surface area contributed by atoms with Crippen molar-refractivity contribution in [3.8, 4) is 11.1 Å². The Balaban J connectivity index is 1.73. The van der Waals surface area contributed by atoms with Crippen LogP contribution in [0.25, 0.3) is 11.1 Å². The summed E-state index contributed by atoms with van der Waals surface area (Å²) in [5.41, 5.74) is 8.76. The first kappa shape index (κ1) is 33.6. The number of carbonyl (C=O) groups excluding carboxylic acids is 3. The topological polar surface area (TPSA) is 147 Å². The number of amides is 2. The lowest BCUT2D eigenvalue weighted by Gasteiger charge is -2.33. The molecule has 0 aliphatic carbocycles. The first-order valence-corrected chi connectivity index (χ1v) is 15.0. The number of anilines is 1. The number of rotatable bonds is 10. The number of carbonyl (C=O) groups is 3. The minimum atomic E-state index is -0.644. The third-order valence-electron chi connectivity index (χ3n) is 7.13. The smallest absolute Gasteiger partial charge is 0.339 e. The minimum Gasteiger partial charge on any atom is -0.457 e. The van der Waals surface area contributed by atoms with Crippen molar-refractivity contribution in [2.24, 2.45) is 11.1 Å². The SMILES string of the molecule is Cc1ccc(-c2ccc(C(=O)NC(C)(C)CC(C)(C)C)cc2C(=O)OCc2ccccc2)c(C(=O)Nc2ccc(C(=N)N)cc2)n1. The summed E-state index contributed by atoms with van der Waals surface area (Å²) in [6, 6.07) is 24.1. The van der Waals surface area contributed by atoms with Gasteiger partial charge in [0.2, 0.25) is 0 Å². The monoisotopic (exact) mass is 619 g/mol. The Kier molecular flexibility index (Phi) is 10.1. The fraction of sp³-hybridized carbons (Fsp3) is 0.270. The van der Waals surface area contributed by atoms with Crippen molar-refractivity contribution in [1.29, 1.82) is 5.41 Å². The molecule has 0 atom stereocenters. The fourth-order valence-corrected chi connectivity index (χ4v) is 5.51. The number of nitrogen functional groups attached to an aromatic ring is 1. The largest absolute Gasteiger partial charge is 0.457 e. The van der Waals surface area contributed by atoms with Crippen LogP contribution < -0.4 is 16.4 Å². The van der Waals surface area contributed by atoms with Crippen molar-refractivity contribution >= 4 is 29.3 Å². The zero-order chi connectivity index (χ0) is 33.6. The standard InChI is InChI=1S/C37H41N5O4/c1-23-12-18-29(31(40-23)34(44)41-27-16-13-25(14-17-27)32(38)39)28-19-15-26(33(43)42-37(5,6)22-36(2,3)4)20-30(28)35(45)46-21-24-10-8-7-9-11-24/h7-20H,21-22H2,1-6H3,(H3,38,39)(H,41,44)(H,42,43). The van der Waals surface area contributed by atoms with E-state index in [4.69, 9.17) is 15.9 Å². The van der Waals surface area contributed by atoms with Gasteiger partial charge in [0.25, 0.3) is 11.8 Å². The lowest BCUT2D eigenvalue weighted by Crippen LogP contribution is -2.45. The molecule has 4 aromatic rings. The van der Waals surface area contributed by atoms with Gasteiger partial charge in [0.15, 0.2) is 0 Å². The average Bonchev–Trinajstić information content (AvgIpc) is 2.99. The van der Waals surface area contributed by atoms with Gasteiger partial charge in [-0.2, -0.15) is 0 Å². The number of ether oxygens (including phenoxy) is 1. The highest BCUT2D eigenvalue weighted by Gasteiger charge is 2.29. The van der Waals surface area contributed by atoms with E-state index in [9.17, 15) is 14.4 Å². The average molecular weight is 620 g/mol. The quantitative estimate of drug-likeness (QED) is 0.0863. The number of hydrogen-bond donors (Lipinski definition) is 4. The predicted octanol–water partition coefficient (Wildman–Crippen LogP) is 6.89. The molecule has 0 bridgehead atoms. The molecule has 4 rings (SSSR count). The number of pyridine rings is 1.